The molecule has 1 aromatic rings. The zero-order valence-corrected chi connectivity index (χ0v) is 9.32. The molecule has 0 saturated carbocycles. The number of pyridine rings is 1. The maximum absolute atomic E-state index is 9.14. The van der Waals surface area contributed by atoms with Crippen LogP contribution < -0.4 is 4.90 Å². The molecule has 2 heterocycles. The fourth-order valence-electron chi connectivity index (χ4n) is 2.00. The molecule has 1 saturated heterocycles. The molecule has 1 fully saturated rings. The summed E-state index contributed by atoms with van der Waals surface area (Å²) in [6.45, 7) is 2.14. The summed E-state index contributed by atoms with van der Waals surface area (Å²) in [6.07, 6.45) is 2.22. The second-order valence-corrected chi connectivity index (χ2v) is 4.34. The zero-order chi connectivity index (χ0) is 10.7. The van der Waals surface area contributed by atoms with E-state index in [4.69, 9.17) is 16.7 Å². The summed E-state index contributed by atoms with van der Waals surface area (Å²) < 4.78 is 0. The monoisotopic (exact) mass is 226 g/mol. The van der Waals surface area contributed by atoms with Crippen molar-refractivity contribution in [2.75, 3.05) is 24.6 Å². The molecule has 1 unspecified atom stereocenters. The van der Waals surface area contributed by atoms with E-state index in [-0.39, 0.29) is 6.61 Å². The van der Waals surface area contributed by atoms with E-state index in [0.29, 0.717) is 11.1 Å². The molecule has 1 aliphatic rings. The van der Waals surface area contributed by atoms with Gasteiger partial charge in [-0.3, -0.25) is 0 Å². The van der Waals surface area contributed by atoms with Gasteiger partial charge in [0.25, 0.3) is 0 Å². The number of hydrogen-bond acceptors (Lipinski definition) is 3. The van der Waals surface area contributed by atoms with Gasteiger partial charge in [-0.15, -0.1) is 0 Å². The molecule has 0 aromatic carbocycles. The molecule has 1 atom stereocenters. The van der Waals surface area contributed by atoms with Crippen molar-refractivity contribution in [3.63, 3.8) is 0 Å². The molecular weight excluding hydrogens is 212 g/mol. The van der Waals surface area contributed by atoms with Gasteiger partial charge in [-0.2, -0.15) is 0 Å². The van der Waals surface area contributed by atoms with Crippen LogP contribution in [0.1, 0.15) is 12.8 Å². The zero-order valence-electron chi connectivity index (χ0n) is 8.56. The minimum Gasteiger partial charge on any atom is -0.396 e. The van der Waals surface area contributed by atoms with Crippen LogP contribution in [0.3, 0.4) is 0 Å². The number of aromatic nitrogens is 1. The van der Waals surface area contributed by atoms with E-state index in [1.54, 1.807) is 6.07 Å². The largest absolute Gasteiger partial charge is 0.396 e. The summed E-state index contributed by atoms with van der Waals surface area (Å²) in [7, 11) is 0. The quantitative estimate of drug-likeness (QED) is 0.784. The van der Waals surface area contributed by atoms with Crippen LogP contribution in [0.5, 0.6) is 0 Å². The second kappa shape index (κ2) is 4.81. The summed E-state index contributed by atoms with van der Waals surface area (Å²) in [6, 6.07) is 5.65. The number of aliphatic hydroxyl groups excluding tert-OH is 1. The summed E-state index contributed by atoms with van der Waals surface area (Å²) in [5, 5.41) is 9.66. The third kappa shape index (κ3) is 2.61. The van der Waals surface area contributed by atoms with Crippen molar-refractivity contribution in [3.8, 4) is 0 Å². The molecule has 82 valence electrons. The van der Waals surface area contributed by atoms with E-state index in [0.717, 1.165) is 31.7 Å². The lowest BCUT2D eigenvalue weighted by Gasteiger charge is -2.32. The van der Waals surface area contributed by atoms with Crippen molar-refractivity contribution >= 4 is 17.4 Å². The Balaban J connectivity index is 2.09. The van der Waals surface area contributed by atoms with Crippen molar-refractivity contribution in [3.05, 3.63) is 23.4 Å². The predicted octanol–water partition coefficient (Wildman–Crippen LogP) is 1.94. The third-order valence-corrected chi connectivity index (χ3v) is 3.01. The molecule has 2 rings (SSSR count). The van der Waals surface area contributed by atoms with E-state index in [1.165, 1.54) is 0 Å². The van der Waals surface area contributed by atoms with Crippen LogP contribution in [-0.2, 0) is 0 Å². The molecule has 0 bridgehead atoms. The van der Waals surface area contributed by atoms with Crippen LogP contribution in [-0.4, -0.2) is 29.8 Å². The van der Waals surface area contributed by atoms with E-state index < -0.39 is 0 Å². The number of anilines is 1. The number of halogens is 1. The van der Waals surface area contributed by atoms with Crippen molar-refractivity contribution in [1.29, 1.82) is 0 Å². The van der Waals surface area contributed by atoms with Crippen LogP contribution in [0.2, 0.25) is 5.15 Å². The van der Waals surface area contributed by atoms with Gasteiger partial charge in [0.05, 0.1) is 0 Å². The Morgan fingerprint density at radius 2 is 2.40 bits per heavy atom. The van der Waals surface area contributed by atoms with E-state index >= 15 is 0 Å². The van der Waals surface area contributed by atoms with Gasteiger partial charge in [0.15, 0.2) is 0 Å². The smallest absolute Gasteiger partial charge is 0.131 e. The van der Waals surface area contributed by atoms with Gasteiger partial charge in [-0.1, -0.05) is 17.7 Å². The van der Waals surface area contributed by atoms with Gasteiger partial charge < -0.3 is 10.0 Å². The maximum Gasteiger partial charge on any atom is 0.131 e. The topological polar surface area (TPSA) is 36.4 Å². The highest BCUT2D eigenvalue weighted by Crippen LogP contribution is 2.22. The first-order valence-electron chi connectivity index (χ1n) is 5.28. The Morgan fingerprint density at radius 1 is 1.53 bits per heavy atom. The van der Waals surface area contributed by atoms with Crippen LogP contribution in [0.4, 0.5) is 5.82 Å². The predicted molar refractivity (Wildman–Crippen MR) is 61.3 cm³/mol. The Morgan fingerprint density at radius 3 is 3.13 bits per heavy atom. The summed E-state index contributed by atoms with van der Waals surface area (Å²) >= 11 is 5.85. The molecule has 0 radical (unpaired) electrons. The number of rotatable bonds is 2. The fraction of sp³-hybridized carbons (Fsp3) is 0.545. The molecule has 0 aliphatic carbocycles. The molecule has 0 amide bonds. The second-order valence-electron chi connectivity index (χ2n) is 3.96. The SMILES string of the molecule is OCC1CCCN(c2cccc(Cl)n2)C1. The van der Waals surface area contributed by atoms with Crippen molar-refractivity contribution < 1.29 is 5.11 Å². The molecule has 1 N–H and O–H groups in total. The first kappa shape index (κ1) is 10.7. The van der Waals surface area contributed by atoms with Crippen LogP contribution in [0.25, 0.3) is 0 Å². The summed E-state index contributed by atoms with van der Waals surface area (Å²) in [5.74, 6) is 1.29. The first-order chi connectivity index (χ1) is 7.29. The van der Waals surface area contributed by atoms with Gasteiger partial charge in [0, 0.05) is 19.7 Å². The first-order valence-corrected chi connectivity index (χ1v) is 5.66. The Hall–Kier alpha value is -0.800. The van der Waals surface area contributed by atoms with Gasteiger partial charge in [-0.05, 0) is 30.9 Å². The molecule has 4 heteroatoms. The number of hydrogen-bond donors (Lipinski definition) is 1. The van der Waals surface area contributed by atoms with Gasteiger partial charge in [0.1, 0.15) is 11.0 Å². The van der Waals surface area contributed by atoms with E-state index in [9.17, 15) is 0 Å². The standard InChI is InChI=1S/C11H15ClN2O/c12-10-4-1-5-11(13-10)14-6-2-3-9(7-14)8-15/h1,4-5,9,15H,2-3,6-8H2. The molecule has 1 aliphatic heterocycles. The lowest BCUT2D eigenvalue weighted by Crippen LogP contribution is -2.37. The van der Waals surface area contributed by atoms with Crippen molar-refractivity contribution in [2.45, 2.75) is 12.8 Å². The van der Waals surface area contributed by atoms with E-state index in [1.807, 2.05) is 12.1 Å². The highest BCUT2D eigenvalue weighted by molar-refractivity contribution is 6.29. The molecule has 3 nitrogen and oxygen atoms in total. The maximum atomic E-state index is 9.14. The average Bonchev–Trinajstić information content (AvgIpc) is 2.29. The number of nitrogens with zero attached hydrogens (tertiary/aromatic N) is 2. The van der Waals surface area contributed by atoms with E-state index in [2.05, 4.69) is 9.88 Å². The highest BCUT2D eigenvalue weighted by atomic mass is 35.5. The lowest BCUT2D eigenvalue weighted by molar-refractivity contribution is 0.208. The Bertz CT molecular complexity index is 332. The molecule has 15 heavy (non-hydrogen) atoms. The fourth-order valence-corrected chi connectivity index (χ4v) is 2.16. The van der Waals surface area contributed by atoms with Crippen molar-refractivity contribution in [2.24, 2.45) is 5.92 Å². The van der Waals surface area contributed by atoms with Crippen LogP contribution >= 0.6 is 11.6 Å². The lowest BCUT2D eigenvalue weighted by atomic mass is 9.99. The van der Waals surface area contributed by atoms with Crippen molar-refractivity contribution in [1.82, 2.24) is 4.98 Å². The Labute approximate surface area is 94.7 Å². The van der Waals surface area contributed by atoms with Crippen LogP contribution in [0, 0.1) is 5.92 Å². The van der Waals surface area contributed by atoms with Gasteiger partial charge in [-0.25, -0.2) is 4.98 Å². The molecule has 0 spiro atoms. The average molecular weight is 227 g/mol. The normalized spacial score (nSPS) is 21.7. The number of piperidine rings is 1. The summed E-state index contributed by atoms with van der Waals surface area (Å²) in [4.78, 5) is 6.47. The van der Waals surface area contributed by atoms with Crippen LogP contribution in [0.15, 0.2) is 18.2 Å². The molecule has 1 aromatic heterocycles. The highest BCUT2D eigenvalue weighted by Gasteiger charge is 2.20. The minimum atomic E-state index is 0.261. The number of aliphatic hydroxyl groups is 1. The minimum absolute atomic E-state index is 0.261. The third-order valence-electron chi connectivity index (χ3n) is 2.80. The van der Waals surface area contributed by atoms with Gasteiger partial charge >= 0.3 is 0 Å². The Kier molecular flexibility index (Phi) is 3.44. The summed E-state index contributed by atoms with van der Waals surface area (Å²) in [5.41, 5.74) is 0. The molecular formula is C11H15ClN2O. The van der Waals surface area contributed by atoms with Gasteiger partial charge in [0.2, 0.25) is 0 Å².